The first-order chi connectivity index (χ1) is 21.2. The van der Waals surface area contributed by atoms with Crippen LogP contribution in [0.5, 0.6) is 6.01 Å². The Morgan fingerprint density at radius 3 is 2.49 bits per heavy atom. The second kappa shape index (κ2) is 11.4. The van der Waals surface area contributed by atoms with Crippen molar-refractivity contribution in [1.29, 1.82) is 5.26 Å². The predicted molar refractivity (Wildman–Crippen MR) is 157 cm³/mol. The number of alkyl halides is 4. The molecule has 3 N–H and O–H groups in total. The van der Waals surface area contributed by atoms with Gasteiger partial charge < -0.3 is 25.6 Å². The lowest BCUT2D eigenvalue weighted by atomic mass is 9.81. The van der Waals surface area contributed by atoms with Crippen LogP contribution in [0.4, 0.5) is 37.8 Å². The molecule has 0 saturated carbocycles. The first-order valence-electron chi connectivity index (χ1n) is 14.5. The third kappa shape index (κ3) is 5.59. The van der Waals surface area contributed by atoms with E-state index in [0.29, 0.717) is 26.2 Å². The Kier molecular flexibility index (Phi) is 7.94. The summed E-state index contributed by atoms with van der Waals surface area (Å²) in [5.41, 5.74) is -0.867. The highest BCUT2D eigenvalue weighted by atomic mass is 35.5. The van der Waals surface area contributed by atoms with Crippen LogP contribution in [0.2, 0.25) is 5.02 Å². The van der Waals surface area contributed by atoms with Gasteiger partial charge in [-0.25, -0.2) is 13.2 Å². The van der Waals surface area contributed by atoms with Gasteiger partial charge in [-0.05, 0) is 38.4 Å². The number of likely N-dealkylation sites (tertiary alicyclic amines) is 1. The average Bonchev–Trinajstić information content (AvgIpc) is 3.30. The zero-order valence-electron chi connectivity index (χ0n) is 24.4. The summed E-state index contributed by atoms with van der Waals surface area (Å²) in [6.07, 6.45) is -4.34. The highest BCUT2D eigenvalue weighted by Crippen LogP contribution is 2.48. The molecule has 45 heavy (non-hydrogen) atoms. The molecule has 0 radical (unpaired) electrons. The van der Waals surface area contributed by atoms with E-state index in [9.17, 15) is 18.4 Å². The first-order valence-corrected chi connectivity index (χ1v) is 14.8. The Bertz CT molecular complexity index is 1700. The van der Waals surface area contributed by atoms with Crippen LogP contribution in [0.15, 0.2) is 12.1 Å². The first kappa shape index (κ1) is 31.4. The summed E-state index contributed by atoms with van der Waals surface area (Å²) in [7, 11) is 1.85. The molecule has 0 aliphatic carbocycles. The van der Waals surface area contributed by atoms with Crippen molar-refractivity contribution in [3.05, 3.63) is 39.9 Å². The fourth-order valence-electron chi connectivity index (χ4n) is 6.82. The number of ether oxygens (including phenoxy) is 1. The number of fused-ring (bicyclic) bond motifs is 3. The summed E-state index contributed by atoms with van der Waals surface area (Å²) in [5, 5.41) is 12.2. The quantitative estimate of drug-likeness (QED) is 0.267. The number of rotatable bonds is 5. The number of nitrogens with zero attached hydrogens (tertiary/aromatic N) is 5. The number of piperazine rings is 1. The van der Waals surface area contributed by atoms with Crippen molar-refractivity contribution < 1.29 is 31.1 Å². The summed E-state index contributed by atoms with van der Waals surface area (Å²) in [5.74, 6) is -2.74. The summed E-state index contributed by atoms with van der Waals surface area (Å²) < 4.78 is 96.3. The zero-order chi connectivity index (χ0) is 32.4. The van der Waals surface area contributed by atoms with E-state index in [4.69, 9.17) is 22.1 Å². The van der Waals surface area contributed by atoms with Crippen molar-refractivity contribution in [2.24, 2.45) is 5.41 Å². The topological polar surface area (TPSA) is 103 Å². The van der Waals surface area contributed by atoms with E-state index in [1.54, 1.807) is 6.92 Å². The number of hydrogen-bond donors (Lipinski definition) is 2. The number of halogens is 7. The van der Waals surface area contributed by atoms with Gasteiger partial charge in [0.2, 0.25) is 0 Å². The van der Waals surface area contributed by atoms with E-state index >= 15 is 13.2 Å². The van der Waals surface area contributed by atoms with Gasteiger partial charge in [0.1, 0.15) is 36.0 Å². The SMILES string of the molecule is CN1CC[C@H](F)[C@](C)(COc2nc(N3C[C@H]4CC[C@@H](C3)N4)c3cc(F)c(-c4c(C#N)c(N)cc(Cl)c4C(F)(F)F)c(F)c3n2)C1. The van der Waals surface area contributed by atoms with E-state index in [1.807, 2.05) is 16.8 Å². The van der Waals surface area contributed by atoms with Gasteiger partial charge in [0.05, 0.1) is 27.4 Å². The fourth-order valence-corrected chi connectivity index (χ4v) is 7.14. The molecule has 4 heterocycles. The van der Waals surface area contributed by atoms with Gasteiger partial charge in [-0.3, -0.25) is 0 Å². The van der Waals surface area contributed by atoms with Crippen molar-refractivity contribution in [1.82, 2.24) is 20.2 Å². The van der Waals surface area contributed by atoms with Crippen molar-refractivity contribution in [2.45, 2.75) is 50.6 Å². The maximum absolute atomic E-state index is 16.6. The van der Waals surface area contributed by atoms with E-state index in [1.165, 1.54) is 6.07 Å². The largest absolute Gasteiger partial charge is 0.463 e. The minimum Gasteiger partial charge on any atom is -0.463 e. The molecule has 6 rings (SSSR count). The van der Waals surface area contributed by atoms with Crippen LogP contribution in [0.1, 0.15) is 37.3 Å². The second-order valence-corrected chi connectivity index (χ2v) is 12.8. The molecule has 1 aromatic heterocycles. The van der Waals surface area contributed by atoms with Crippen LogP contribution in [0.25, 0.3) is 22.0 Å². The molecular formula is C30H30ClF6N7O. The molecule has 4 atom stereocenters. The van der Waals surface area contributed by atoms with Gasteiger partial charge in [0.15, 0.2) is 5.82 Å². The molecule has 15 heteroatoms. The number of piperidine rings is 1. The van der Waals surface area contributed by atoms with Gasteiger partial charge in [0.25, 0.3) is 0 Å². The highest BCUT2D eigenvalue weighted by molar-refractivity contribution is 6.32. The molecule has 0 amide bonds. The van der Waals surface area contributed by atoms with Gasteiger partial charge >= 0.3 is 12.2 Å². The molecule has 3 saturated heterocycles. The Hall–Kier alpha value is -3.54. The Labute approximate surface area is 260 Å². The lowest BCUT2D eigenvalue weighted by molar-refractivity contribution is -0.137. The summed E-state index contributed by atoms with van der Waals surface area (Å²) >= 11 is 5.91. The molecule has 0 spiro atoms. The molecule has 3 aliphatic rings. The molecular weight excluding hydrogens is 624 g/mol. The van der Waals surface area contributed by atoms with Crippen LogP contribution >= 0.6 is 11.6 Å². The highest BCUT2D eigenvalue weighted by Gasteiger charge is 2.42. The normalized spacial score (nSPS) is 25.5. The van der Waals surface area contributed by atoms with Crippen LogP contribution < -0.4 is 20.7 Å². The maximum Gasteiger partial charge on any atom is 0.418 e. The summed E-state index contributed by atoms with van der Waals surface area (Å²) in [6, 6.07) is 2.95. The molecule has 3 fully saturated rings. The van der Waals surface area contributed by atoms with Crippen LogP contribution in [0.3, 0.4) is 0 Å². The van der Waals surface area contributed by atoms with Crippen molar-refractivity contribution in [2.75, 3.05) is 50.5 Å². The average molecular weight is 654 g/mol. The third-order valence-electron chi connectivity index (χ3n) is 9.00. The van der Waals surface area contributed by atoms with Crippen LogP contribution in [0, 0.1) is 28.4 Å². The van der Waals surface area contributed by atoms with E-state index < -0.39 is 67.9 Å². The molecule has 240 valence electrons. The predicted octanol–water partition coefficient (Wildman–Crippen LogP) is 5.70. The Balaban J connectivity index is 1.55. The molecule has 3 aromatic rings. The number of benzene rings is 2. The number of anilines is 2. The van der Waals surface area contributed by atoms with Gasteiger partial charge in [0, 0.05) is 54.6 Å². The van der Waals surface area contributed by atoms with E-state index in [0.717, 1.165) is 25.0 Å². The maximum atomic E-state index is 16.6. The summed E-state index contributed by atoms with van der Waals surface area (Å²) in [4.78, 5) is 12.5. The van der Waals surface area contributed by atoms with Gasteiger partial charge in [-0.15, -0.1) is 0 Å². The zero-order valence-corrected chi connectivity index (χ0v) is 25.2. The number of nitrogens with two attached hydrogens (primary N) is 1. The number of hydrogen-bond acceptors (Lipinski definition) is 8. The minimum absolute atomic E-state index is 0.0954. The number of nitrogen functional groups attached to an aromatic ring is 1. The second-order valence-electron chi connectivity index (χ2n) is 12.4. The fraction of sp³-hybridized carbons (Fsp3) is 0.500. The Morgan fingerprint density at radius 2 is 1.84 bits per heavy atom. The molecule has 8 nitrogen and oxygen atoms in total. The lowest BCUT2D eigenvalue weighted by Gasteiger charge is -2.40. The number of nitriles is 1. The van der Waals surface area contributed by atoms with Crippen molar-refractivity contribution >= 4 is 34.0 Å². The molecule has 2 bridgehead atoms. The Morgan fingerprint density at radius 1 is 1.16 bits per heavy atom. The minimum atomic E-state index is -5.20. The van der Waals surface area contributed by atoms with Crippen molar-refractivity contribution in [3.8, 4) is 23.2 Å². The van der Waals surface area contributed by atoms with E-state index in [-0.39, 0.29) is 42.3 Å². The van der Waals surface area contributed by atoms with Gasteiger partial charge in [-0.1, -0.05) is 18.5 Å². The number of nitrogens with one attached hydrogen (secondary N) is 1. The monoisotopic (exact) mass is 653 g/mol. The number of aromatic nitrogens is 2. The van der Waals surface area contributed by atoms with Gasteiger partial charge in [-0.2, -0.15) is 28.4 Å². The van der Waals surface area contributed by atoms with Crippen molar-refractivity contribution in [3.63, 3.8) is 0 Å². The van der Waals surface area contributed by atoms with E-state index in [2.05, 4.69) is 15.3 Å². The lowest BCUT2D eigenvalue weighted by Crippen LogP contribution is -2.51. The third-order valence-corrected chi connectivity index (χ3v) is 9.29. The van der Waals surface area contributed by atoms with Crippen LogP contribution in [-0.2, 0) is 6.18 Å². The summed E-state index contributed by atoms with van der Waals surface area (Å²) in [6.45, 7) is 3.37. The standard InChI is InChI=1S/C30H30ClF6N7O/c1-29(12-43(2)6-5-21(29)33)13-45-28-41-26-16(27(42-28)44-10-14-3-4-15(11-44)40-14)7-19(32)23(25(26)34)22-17(9-38)20(39)8-18(31)24(22)30(35,36)37/h7-8,14-15,21,40H,3-6,10-13,39H2,1-2H3/t14-,15+,21-,29-/m0/s1. The molecule has 0 unspecified atom stereocenters. The smallest absolute Gasteiger partial charge is 0.418 e. The molecule has 2 aromatic carbocycles. The van der Waals surface area contributed by atoms with Crippen LogP contribution in [-0.4, -0.2) is 73.0 Å². The molecule has 3 aliphatic heterocycles.